The predicted molar refractivity (Wildman–Crippen MR) is 66.9 cm³/mol. The van der Waals surface area contributed by atoms with Gasteiger partial charge in [0.1, 0.15) is 11.9 Å². The van der Waals surface area contributed by atoms with Crippen LogP contribution in [0.3, 0.4) is 0 Å². The maximum atomic E-state index is 13.1. The lowest BCUT2D eigenvalue weighted by molar-refractivity contribution is -0.128. The number of benzene rings is 1. The highest BCUT2D eigenvalue weighted by Gasteiger charge is 2.22. The Hall–Kier alpha value is -0.870. The van der Waals surface area contributed by atoms with Crippen LogP contribution in [-0.2, 0) is 16.0 Å². The summed E-state index contributed by atoms with van der Waals surface area (Å²) in [5, 5.41) is 0. The van der Waals surface area contributed by atoms with Gasteiger partial charge in [0.25, 0.3) is 0 Å². The Labute approximate surface area is 105 Å². The maximum absolute atomic E-state index is 13.1. The van der Waals surface area contributed by atoms with Gasteiger partial charge in [0.15, 0.2) is 5.78 Å². The topological polar surface area (TPSA) is 26.3 Å². The van der Waals surface area contributed by atoms with E-state index in [1.807, 2.05) is 6.92 Å². The molecule has 2 nitrogen and oxygen atoms in total. The van der Waals surface area contributed by atoms with Crippen molar-refractivity contribution in [2.45, 2.75) is 19.4 Å². The summed E-state index contributed by atoms with van der Waals surface area (Å²) in [7, 11) is 0. The Balaban J connectivity index is 2.04. The van der Waals surface area contributed by atoms with Crippen molar-refractivity contribution in [3.05, 3.63) is 35.1 Å². The summed E-state index contributed by atoms with van der Waals surface area (Å²) in [4.78, 5) is 12.0. The van der Waals surface area contributed by atoms with Crippen LogP contribution in [0.1, 0.15) is 11.1 Å². The smallest absolute Gasteiger partial charge is 0.166 e. The highest BCUT2D eigenvalue weighted by atomic mass is 32.2. The van der Waals surface area contributed by atoms with Gasteiger partial charge in [-0.3, -0.25) is 4.79 Å². The van der Waals surface area contributed by atoms with Gasteiger partial charge < -0.3 is 4.74 Å². The molecule has 0 aliphatic carbocycles. The van der Waals surface area contributed by atoms with Gasteiger partial charge in [-0.15, -0.1) is 0 Å². The first-order chi connectivity index (χ1) is 8.16. The van der Waals surface area contributed by atoms with Crippen molar-refractivity contribution in [2.24, 2.45) is 0 Å². The van der Waals surface area contributed by atoms with E-state index in [1.54, 1.807) is 17.8 Å². The van der Waals surface area contributed by atoms with Crippen LogP contribution in [0.15, 0.2) is 18.2 Å². The number of ether oxygens (including phenoxy) is 1. The molecule has 0 N–H and O–H groups in total. The van der Waals surface area contributed by atoms with Crippen LogP contribution < -0.4 is 0 Å². The SMILES string of the molecule is Cc1ccc(F)cc1CC(=O)C1CSCCO1. The third kappa shape index (κ3) is 3.30. The van der Waals surface area contributed by atoms with Gasteiger partial charge in [-0.25, -0.2) is 4.39 Å². The molecule has 1 unspecified atom stereocenters. The highest BCUT2D eigenvalue weighted by Crippen LogP contribution is 2.17. The molecule has 1 saturated heterocycles. The van der Waals surface area contributed by atoms with Crippen molar-refractivity contribution < 1.29 is 13.9 Å². The molecule has 17 heavy (non-hydrogen) atoms. The van der Waals surface area contributed by atoms with E-state index < -0.39 is 0 Å². The van der Waals surface area contributed by atoms with Gasteiger partial charge in [-0.1, -0.05) is 6.07 Å². The van der Waals surface area contributed by atoms with Crippen molar-refractivity contribution in [1.29, 1.82) is 0 Å². The van der Waals surface area contributed by atoms with E-state index >= 15 is 0 Å². The summed E-state index contributed by atoms with van der Waals surface area (Å²) >= 11 is 1.73. The van der Waals surface area contributed by atoms with Gasteiger partial charge in [-0.05, 0) is 30.2 Å². The van der Waals surface area contributed by atoms with Crippen LogP contribution in [0.4, 0.5) is 4.39 Å². The predicted octanol–water partition coefficient (Wildman–Crippen LogP) is 2.38. The van der Waals surface area contributed by atoms with Crippen LogP contribution in [0.25, 0.3) is 0 Å². The number of thioether (sulfide) groups is 1. The largest absolute Gasteiger partial charge is 0.369 e. The van der Waals surface area contributed by atoms with Gasteiger partial charge in [-0.2, -0.15) is 11.8 Å². The highest BCUT2D eigenvalue weighted by molar-refractivity contribution is 7.99. The van der Waals surface area contributed by atoms with Crippen LogP contribution in [0, 0.1) is 12.7 Å². The molecular weight excluding hydrogens is 239 g/mol. The Bertz CT molecular complexity index is 414. The third-order valence-electron chi connectivity index (χ3n) is 2.85. The summed E-state index contributed by atoms with van der Waals surface area (Å²) in [6, 6.07) is 4.55. The number of Topliss-reactive ketones (excluding diaryl/α,β-unsaturated/α-hetero) is 1. The number of rotatable bonds is 3. The Morgan fingerprint density at radius 1 is 1.59 bits per heavy atom. The molecule has 1 aromatic rings. The molecule has 1 heterocycles. The van der Waals surface area contributed by atoms with E-state index in [9.17, 15) is 9.18 Å². The fourth-order valence-corrected chi connectivity index (χ4v) is 2.68. The van der Waals surface area contributed by atoms with Gasteiger partial charge in [0, 0.05) is 17.9 Å². The molecule has 0 amide bonds. The first kappa shape index (κ1) is 12.6. The molecule has 0 aromatic heterocycles. The van der Waals surface area contributed by atoms with Gasteiger partial charge >= 0.3 is 0 Å². The van der Waals surface area contributed by atoms with Crippen LogP contribution in [0.2, 0.25) is 0 Å². The molecule has 0 bridgehead atoms. The molecule has 1 aromatic carbocycles. The molecule has 1 fully saturated rings. The second kappa shape index (κ2) is 5.65. The van der Waals surface area contributed by atoms with E-state index in [4.69, 9.17) is 4.74 Å². The lowest BCUT2D eigenvalue weighted by Crippen LogP contribution is -2.32. The van der Waals surface area contributed by atoms with Crippen LogP contribution in [0.5, 0.6) is 0 Å². The molecule has 2 rings (SSSR count). The fraction of sp³-hybridized carbons (Fsp3) is 0.462. The standard InChI is InChI=1S/C13H15FO2S/c1-9-2-3-11(14)6-10(9)7-12(15)13-8-17-5-4-16-13/h2-3,6,13H,4-5,7-8H2,1H3. The molecule has 0 radical (unpaired) electrons. The lowest BCUT2D eigenvalue weighted by atomic mass is 10.0. The minimum Gasteiger partial charge on any atom is -0.369 e. The van der Waals surface area contributed by atoms with Crippen molar-refractivity contribution >= 4 is 17.5 Å². The quantitative estimate of drug-likeness (QED) is 0.828. The molecule has 0 saturated carbocycles. The Morgan fingerprint density at radius 2 is 2.41 bits per heavy atom. The number of carbonyl (C=O) groups is 1. The molecular formula is C13H15FO2S. The monoisotopic (exact) mass is 254 g/mol. The minimum atomic E-state index is -0.323. The first-order valence-electron chi connectivity index (χ1n) is 5.64. The molecule has 0 spiro atoms. The van der Waals surface area contributed by atoms with Crippen LogP contribution >= 0.6 is 11.8 Å². The molecule has 4 heteroatoms. The zero-order valence-corrected chi connectivity index (χ0v) is 10.6. The summed E-state index contributed by atoms with van der Waals surface area (Å²) in [6.07, 6.45) is -0.0640. The summed E-state index contributed by atoms with van der Waals surface area (Å²) in [5.74, 6) is 1.42. The number of carbonyl (C=O) groups excluding carboxylic acids is 1. The Kier molecular flexibility index (Phi) is 4.18. The zero-order valence-electron chi connectivity index (χ0n) is 9.74. The van der Waals surface area contributed by atoms with Crippen molar-refractivity contribution in [1.82, 2.24) is 0 Å². The number of ketones is 1. The van der Waals surface area contributed by atoms with Crippen molar-refractivity contribution in [2.75, 3.05) is 18.1 Å². The normalized spacial score (nSPS) is 20.2. The van der Waals surface area contributed by atoms with Gasteiger partial charge in [0.2, 0.25) is 0 Å². The summed E-state index contributed by atoms with van der Waals surface area (Å²) in [6.45, 7) is 2.52. The van der Waals surface area contributed by atoms with E-state index in [2.05, 4.69) is 0 Å². The number of halogens is 1. The van der Waals surface area contributed by atoms with E-state index in [1.165, 1.54) is 12.1 Å². The second-order valence-electron chi connectivity index (χ2n) is 4.15. The maximum Gasteiger partial charge on any atom is 0.166 e. The molecule has 1 aliphatic heterocycles. The van der Waals surface area contributed by atoms with Crippen molar-refractivity contribution in [3.8, 4) is 0 Å². The van der Waals surface area contributed by atoms with E-state index in [-0.39, 0.29) is 24.1 Å². The second-order valence-corrected chi connectivity index (χ2v) is 5.30. The zero-order chi connectivity index (χ0) is 12.3. The average molecular weight is 254 g/mol. The van der Waals surface area contributed by atoms with Crippen molar-refractivity contribution in [3.63, 3.8) is 0 Å². The molecule has 1 atom stereocenters. The minimum absolute atomic E-state index is 0.0471. The third-order valence-corrected chi connectivity index (χ3v) is 3.84. The molecule has 92 valence electrons. The Morgan fingerprint density at radius 3 is 3.12 bits per heavy atom. The first-order valence-corrected chi connectivity index (χ1v) is 6.79. The molecule has 1 aliphatic rings. The number of aryl methyl sites for hydroxylation is 1. The van der Waals surface area contributed by atoms with E-state index in [0.29, 0.717) is 12.4 Å². The summed E-state index contributed by atoms with van der Waals surface area (Å²) < 4.78 is 18.5. The van der Waals surface area contributed by atoms with Gasteiger partial charge in [0.05, 0.1) is 6.61 Å². The lowest BCUT2D eigenvalue weighted by Gasteiger charge is -2.21. The summed E-state index contributed by atoms with van der Waals surface area (Å²) in [5.41, 5.74) is 1.71. The van der Waals surface area contributed by atoms with E-state index in [0.717, 1.165) is 16.9 Å². The van der Waals surface area contributed by atoms with Crippen LogP contribution in [-0.4, -0.2) is 30.0 Å². The average Bonchev–Trinajstić information content (AvgIpc) is 2.35. The number of hydrogen-bond donors (Lipinski definition) is 0. The fourth-order valence-electron chi connectivity index (χ4n) is 1.81. The number of hydrogen-bond acceptors (Lipinski definition) is 3.